The van der Waals surface area contributed by atoms with Gasteiger partial charge in [0.25, 0.3) is 0 Å². The summed E-state index contributed by atoms with van der Waals surface area (Å²) in [5, 5.41) is 0. The number of benzene rings is 1. The zero-order valence-electron chi connectivity index (χ0n) is 17.6. The lowest BCUT2D eigenvalue weighted by atomic mass is 10.1. The van der Waals surface area contributed by atoms with Gasteiger partial charge in [-0.1, -0.05) is 76.7 Å². The third-order valence-electron chi connectivity index (χ3n) is 4.51. The maximum atomic E-state index is 12.3. The molecule has 0 bridgehead atoms. The predicted octanol–water partition coefficient (Wildman–Crippen LogP) is 6.50. The van der Waals surface area contributed by atoms with Gasteiger partial charge in [0.2, 0.25) is 0 Å². The second kappa shape index (κ2) is 15.9. The third kappa shape index (κ3) is 10.3. The number of hydrogen-bond acceptors (Lipinski definition) is 4. The molecule has 156 valence electrons. The molecule has 4 nitrogen and oxygen atoms in total. The Morgan fingerprint density at radius 2 is 1.25 bits per heavy atom. The Balaban J connectivity index is 2.38. The van der Waals surface area contributed by atoms with Crippen LogP contribution in [0.5, 0.6) is 0 Å². The van der Waals surface area contributed by atoms with E-state index in [0.29, 0.717) is 19.6 Å². The van der Waals surface area contributed by atoms with Crippen molar-refractivity contribution in [2.45, 2.75) is 78.1 Å². The average molecular weight is 389 g/mol. The summed E-state index contributed by atoms with van der Waals surface area (Å²) >= 11 is 0. The van der Waals surface area contributed by atoms with Crippen LogP contribution in [0.3, 0.4) is 0 Å². The highest BCUT2D eigenvalue weighted by Gasteiger charge is 2.18. The number of hydrogen-bond donors (Lipinski definition) is 0. The van der Waals surface area contributed by atoms with E-state index < -0.39 is 11.9 Å². The molecule has 0 aromatic heterocycles. The topological polar surface area (TPSA) is 52.6 Å². The molecule has 1 aromatic rings. The summed E-state index contributed by atoms with van der Waals surface area (Å²) in [5.74, 6) is -0.939. The lowest BCUT2D eigenvalue weighted by Gasteiger charge is -2.09. The Morgan fingerprint density at radius 1 is 0.714 bits per heavy atom. The molecule has 0 heterocycles. The Labute approximate surface area is 170 Å². The Bertz CT molecular complexity index is 592. The van der Waals surface area contributed by atoms with Crippen molar-refractivity contribution in [3.63, 3.8) is 0 Å². The van der Waals surface area contributed by atoms with Crippen LogP contribution in [0.25, 0.3) is 0 Å². The van der Waals surface area contributed by atoms with E-state index in [0.717, 1.165) is 32.1 Å². The van der Waals surface area contributed by atoms with E-state index in [2.05, 4.69) is 26.0 Å². The standard InChI is InChI=1S/C24H36O4/c1-3-5-7-9-10-11-12-16-20-28-24(26)22-18-14-13-17-21(22)23(25)27-19-15-8-6-4-2/h11-14,17-18H,3-10,15-16,19-20H2,1-2H3/b12-11+. The van der Waals surface area contributed by atoms with Crippen molar-refractivity contribution in [1.82, 2.24) is 0 Å². The maximum absolute atomic E-state index is 12.3. The number of carbonyl (C=O) groups is 2. The summed E-state index contributed by atoms with van der Waals surface area (Å²) in [4.78, 5) is 24.6. The molecule has 0 spiro atoms. The van der Waals surface area contributed by atoms with E-state index >= 15 is 0 Å². The molecule has 0 aliphatic carbocycles. The minimum absolute atomic E-state index is 0.268. The fraction of sp³-hybridized carbons (Fsp3) is 0.583. The van der Waals surface area contributed by atoms with Crippen molar-refractivity contribution in [1.29, 1.82) is 0 Å². The van der Waals surface area contributed by atoms with Crippen molar-refractivity contribution in [2.75, 3.05) is 13.2 Å². The number of carbonyl (C=O) groups excluding carboxylic acids is 2. The van der Waals surface area contributed by atoms with Gasteiger partial charge in [0, 0.05) is 0 Å². The van der Waals surface area contributed by atoms with Gasteiger partial charge < -0.3 is 9.47 Å². The van der Waals surface area contributed by atoms with Crippen LogP contribution in [0.1, 0.15) is 98.8 Å². The second-order valence-electron chi connectivity index (χ2n) is 6.99. The SMILES string of the molecule is CCCCCC/C=C/CCOC(=O)c1ccccc1C(=O)OCCCCCC. The molecule has 4 heteroatoms. The van der Waals surface area contributed by atoms with Crippen molar-refractivity contribution in [3.05, 3.63) is 47.5 Å². The van der Waals surface area contributed by atoms with Crippen LogP contribution in [0.15, 0.2) is 36.4 Å². The summed E-state index contributed by atoms with van der Waals surface area (Å²) in [6, 6.07) is 6.68. The van der Waals surface area contributed by atoms with Crippen LogP contribution in [0, 0.1) is 0 Å². The largest absolute Gasteiger partial charge is 0.462 e. The summed E-state index contributed by atoms with van der Waals surface area (Å²) < 4.78 is 10.6. The van der Waals surface area contributed by atoms with Crippen molar-refractivity contribution < 1.29 is 19.1 Å². The molecule has 28 heavy (non-hydrogen) atoms. The molecule has 0 N–H and O–H groups in total. The Hall–Kier alpha value is -2.10. The first-order valence-electron chi connectivity index (χ1n) is 10.8. The van der Waals surface area contributed by atoms with Crippen molar-refractivity contribution in [2.24, 2.45) is 0 Å². The quantitative estimate of drug-likeness (QED) is 0.195. The van der Waals surface area contributed by atoms with Crippen LogP contribution in [0.4, 0.5) is 0 Å². The van der Waals surface area contributed by atoms with Crippen LogP contribution < -0.4 is 0 Å². The molecule has 0 fully saturated rings. The van der Waals surface area contributed by atoms with Gasteiger partial charge in [0.1, 0.15) is 0 Å². The van der Waals surface area contributed by atoms with Gasteiger partial charge >= 0.3 is 11.9 Å². The first-order valence-corrected chi connectivity index (χ1v) is 10.8. The monoisotopic (exact) mass is 388 g/mol. The van der Waals surface area contributed by atoms with Crippen LogP contribution in [-0.4, -0.2) is 25.2 Å². The van der Waals surface area contributed by atoms with E-state index in [1.54, 1.807) is 24.3 Å². The zero-order chi connectivity index (χ0) is 20.5. The van der Waals surface area contributed by atoms with E-state index in [4.69, 9.17) is 9.47 Å². The molecule has 0 atom stereocenters. The first-order chi connectivity index (χ1) is 13.7. The highest BCUT2D eigenvalue weighted by Crippen LogP contribution is 2.13. The lowest BCUT2D eigenvalue weighted by Crippen LogP contribution is -2.14. The molecular weight excluding hydrogens is 352 g/mol. The van der Waals surface area contributed by atoms with Gasteiger partial charge in [0.15, 0.2) is 0 Å². The van der Waals surface area contributed by atoms with Crippen molar-refractivity contribution in [3.8, 4) is 0 Å². The Morgan fingerprint density at radius 3 is 1.86 bits per heavy atom. The number of rotatable bonds is 15. The predicted molar refractivity (Wildman–Crippen MR) is 114 cm³/mol. The molecule has 1 rings (SSSR count). The molecule has 1 aromatic carbocycles. The van der Waals surface area contributed by atoms with Gasteiger partial charge in [-0.05, 0) is 37.8 Å². The molecular formula is C24H36O4. The summed E-state index contributed by atoms with van der Waals surface area (Å²) in [7, 11) is 0. The highest BCUT2D eigenvalue weighted by atomic mass is 16.5. The van der Waals surface area contributed by atoms with Crippen LogP contribution >= 0.6 is 0 Å². The molecule has 0 saturated carbocycles. The average Bonchev–Trinajstić information content (AvgIpc) is 2.72. The van der Waals surface area contributed by atoms with Gasteiger partial charge in [-0.25, -0.2) is 9.59 Å². The summed E-state index contributed by atoms with van der Waals surface area (Å²) in [6.45, 7) is 5.03. The third-order valence-corrected chi connectivity index (χ3v) is 4.51. The van der Waals surface area contributed by atoms with Crippen LogP contribution in [-0.2, 0) is 9.47 Å². The van der Waals surface area contributed by atoms with E-state index in [9.17, 15) is 9.59 Å². The molecule has 0 radical (unpaired) electrons. The number of esters is 2. The molecule has 0 saturated heterocycles. The smallest absolute Gasteiger partial charge is 0.339 e. The van der Waals surface area contributed by atoms with E-state index in [1.807, 2.05) is 0 Å². The number of ether oxygens (including phenoxy) is 2. The first kappa shape index (κ1) is 23.9. The van der Waals surface area contributed by atoms with Gasteiger partial charge in [-0.2, -0.15) is 0 Å². The van der Waals surface area contributed by atoms with Gasteiger partial charge in [-0.3, -0.25) is 0 Å². The Kier molecular flexibility index (Phi) is 13.6. The van der Waals surface area contributed by atoms with Crippen molar-refractivity contribution >= 4 is 11.9 Å². The lowest BCUT2D eigenvalue weighted by molar-refractivity contribution is 0.0457. The highest BCUT2D eigenvalue weighted by molar-refractivity contribution is 6.03. The summed E-state index contributed by atoms with van der Waals surface area (Å²) in [5.41, 5.74) is 0.541. The minimum Gasteiger partial charge on any atom is -0.462 e. The normalized spacial score (nSPS) is 10.9. The molecule has 0 amide bonds. The molecule has 0 aliphatic rings. The van der Waals surface area contributed by atoms with Gasteiger partial charge in [0.05, 0.1) is 24.3 Å². The maximum Gasteiger partial charge on any atom is 0.339 e. The van der Waals surface area contributed by atoms with E-state index in [-0.39, 0.29) is 11.1 Å². The summed E-state index contributed by atoms with van der Waals surface area (Å²) in [6.07, 6.45) is 15.1. The number of allylic oxidation sites excluding steroid dienone is 1. The van der Waals surface area contributed by atoms with E-state index in [1.165, 1.54) is 25.7 Å². The second-order valence-corrected chi connectivity index (χ2v) is 6.99. The number of unbranched alkanes of at least 4 members (excludes halogenated alkanes) is 7. The fourth-order valence-electron chi connectivity index (χ4n) is 2.83. The zero-order valence-corrected chi connectivity index (χ0v) is 17.6. The fourth-order valence-corrected chi connectivity index (χ4v) is 2.83. The molecule has 0 unspecified atom stereocenters. The minimum atomic E-state index is -0.477. The van der Waals surface area contributed by atoms with Gasteiger partial charge in [-0.15, -0.1) is 0 Å². The molecule has 0 aliphatic heterocycles. The van der Waals surface area contributed by atoms with Crippen LogP contribution in [0.2, 0.25) is 0 Å².